The molecule has 1 saturated heterocycles. The summed E-state index contributed by atoms with van der Waals surface area (Å²) in [6, 6.07) is 3.88. The first-order valence-corrected chi connectivity index (χ1v) is 8.36. The smallest absolute Gasteiger partial charge is 0.263 e. The van der Waals surface area contributed by atoms with Crippen molar-refractivity contribution in [2.45, 2.75) is 39.0 Å². The van der Waals surface area contributed by atoms with Gasteiger partial charge in [-0.25, -0.2) is 0 Å². The number of carbonyl (C=O) groups is 1. The van der Waals surface area contributed by atoms with Crippen molar-refractivity contribution in [2.75, 3.05) is 13.1 Å². The number of carbonyl (C=O) groups excluding carboxylic acids is 1. The second-order valence-corrected chi connectivity index (χ2v) is 7.44. The second kappa shape index (κ2) is 6.71. The van der Waals surface area contributed by atoms with Crippen LogP contribution >= 0.6 is 27.3 Å². The van der Waals surface area contributed by atoms with E-state index in [0.717, 1.165) is 34.1 Å². The average Bonchev–Trinajstić information content (AvgIpc) is 2.65. The number of hydrogen-bond donors (Lipinski definition) is 0. The number of thiophene rings is 1. The first-order valence-electron chi connectivity index (χ1n) is 6.75. The van der Waals surface area contributed by atoms with E-state index >= 15 is 0 Å². The SMILES string of the molecule is CCCC1CCCN(C(=O)c2ccc(Br)s2)CC1. The maximum atomic E-state index is 12.3. The van der Waals surface area contributed by atoms with Crippen molar-refractivity contribution in [3.05, 3.63) is 20.8 Å². The molecule has 1 aromatic rings. The predicted molar refractivity (Wildman–Crippen MR) is 80.2 cm³/mol. The summed E-state index contributed by atoms with van der Waals surface area (Å²) in [4.78, 5) is 15.2. The van der Waals surface area contributed by atoms with Gasteiger partial charge in [-0.3, -0.25) is 4.79 Å². The Balaban J connectivity index is 1.95. The quantitative estimate of drug-likeness (QED) is 0.796. The molecule has 2 heterocycles. The van der Waals surface area contributed by atoms with Crippen molar-refractivity contribution in [1.29, 1.82) is 0 Å². The highest BCUT2D eigenvalue weighted by atomic mass is 79.9. The summed E-state index contributed by atoms with van der Waals surface area (Å²) in [6.45, 7) is 4.10. The maximum absolute atomic E-state index is 12.3. The van der Waals surface area contributed by atoms with E-state index in [1.54, 1.807) is 0 Å². The molecular weight excluding hydrogens is 310 g/mol. The van der Waals surface area contributed by atoms with Crippen LogP contribution in [0.25, 0.3) is 0 Å². The highest BCUT2D eigenvalue weighted by Crippen LogP contribution is 2.26. The lowest BCUT2D eigenvalue weighted by Crippen LogP contribution is -2.31. The van der Waals surface area contributed by atoms with E-state index in [2.05, 4.69) is 22.9 Å². The Morgan fingerprint density at radius 1 is 1.44 bits per heavy atom. The number of amides is 1. The molecular formula is C14H20BrNOS. The third kappa shape index (κ3) is 3.58. The molecule has 1 unspecified atom stereocenters. The van der Waals surface area contributed by atoms with Crippen LogP contribution < -0.4 is 0 Å². The number of likely N-dealkylation sites (tertiary alicyclic amines) is 1. The number of hydrogen-bond acceptors (Lipinski definition) is 2. The summed E-state index contributed by atoms with van der Waals surface area (Å²) in [5, 5.41) is 0. The largest absolute Gasteiger partial charge is 0.338 e. The van der Waals surface area contributed by atoms with Gasteiger partial charge in [0.15, 0.2) is 0 Å². The topological polar surface area (TPSA) is 20.3 Å². The lowest BCUT2D eigenvalue weighted by molar-refractivity contribution is 0.0764. The Kier molecular flexibility index (Phi) is 5.25. The minimum atomic E-state index is 0.211. The minimum Gasteiger partial charge on any atom is -0.338 e. The van der Waals surface area contributed by atoms with Gasteiger partial charge in [0.25, 0.3) is 5.91 Å². The normalized spacial score (nSPS) is 20.8. The molecule has 0 saturated carbocycles. The molecule has 18 heavy (non-hydrogen) atoms. The summed E-state index contributed by atoms with van der Waals surface area (Å²) >= 11 is 4.95. The van der Waals surface area contributed by atoms with Gasteiger partial charge in [0, 0.05) is 13.1 Å². The zero-order chi connectivity index (χ0) is 13.0. The van der Waals surface area contributed by atoms with Gasteiger partial charge >= 0.3 is 0 Å². The summed E-state index contributed by atoms with van der Waals surface area (Å²) in [5.41, 5.74) is 0. The Morgan fingerprint density at radius 2 is 2.28 bits per heavy atom. The molecule has 1 aliphatic rings. The summed E-state index contributed by atoms with van der Waals surface area (Å²) in [7, 11) is 0. The Labute approximate surface area is 122 Å². The van der Waals surface area contributed by atoms with Crippen LogP contribution in [0.4, 0.5) is 0 Å². The molecule has 0 aromatic carbocycles. The van der Waals surface area contributed by atoms with Crippen molar-refractivity contribution in [3.63, 3.8) is 0 Å². The molecule has 1 fully saturated rings. The molecule has 1 amide bonds. The van der Waals surface area contributed by atoms with Crippen LogP contribution in [0.2, 0.25) is 0 Å². The van der Waals surface area contributed by atoms with E-state index in [0.29, 0.717) is 0 Å². The molecule has 0 bridgehead atoms. The van der Waals surface area contributed by atoms with Crippen LogP contribution in [0.5, 0.6) is 0 Å². The van der Waals surface area contributed by atoms with Gasteiger partial charge in [-0.05, 0) is 53.2 Å². The predicted octanol–water partition coefficient (Wildman–Crippen LogP) is 4.55. The van der Waals surface area contributed by atoms with Gasteiger partial charge in [0.2, 0.25) is 0 Å². The van der Waals surface area contributed by atoms with Crippen molar-refractivity contribution in [2.24, 2.45) is 5.92 Å². The zero-order valence-corrected chi connectivity index (χ0v) is 13.2. The molecule has 1 aromatic heterocycles. The molecule has 4 heteroatoms. The van der Waals surface area contributed by atoms with Gasteiger partial charge in [-0.2, -0.15) is 0 Å². The van der Waals surface area contributed by atoms with Crippen LogP contribution in [-0.4, -0.2) is 23.9 Å². The van der Waals surface area contributed by atoms with Crippen LogP contribution in [0.3, 0.4) is 0 Å². The van der Waals surface area contributed by atoms with Gasteiger partial charge in [0.1, 0.15) is 0 Å². The summed E-state index contributed by atoms with van der Waals surface area (Å²) < 4.78 is 1.03. The van der Waals surface area contributed by atoms with Crippen LogP contribution in [0.15, 0.2) is 15.9 Å². The summed E-state index contributed by atoms with van der Waals surface area (Å²) in [5.74, 6) is 1.03. The number of nitrogens with zero attached hydrogens (tertiary/aromatic N) is 1. The zero-order valence-electron chi connectivity index (χ0n) is 10.8. The standard InChI is InChI=1S/C14H20BrNOS/c1-2-4-11-5-3-9-16(10-8-11)14(17)12-6-7-13(15)18-12/h6-7,11H,2-5,8-10H2,1H3. The van der Waals surface area contributed by atoms with Gasteiger partial charge < -0.3 is 4.90 Å². The van der Waals surface area contributed by atoms with Crippen molar-refractivity contribution >= 4 is 33.2 Å². The fraction of sp³-hybridized carbons (Fsp3) is 0.643. The summed E-state index contributed by atoms with van der Waals surface area (Å²) in [6.07, 6.45) is 6.18. The third-order valence-electron chi connectivity index (χ3n) is 3.62. The molecule has 2 rings (SSSR count). The highest BCUT2D eigenvalue weighted by molar-refractivity contribution is 9.11. The molecule has 100 valence electrons. The maximum Gasteiger partial charge on any atom is 0.263 e. The molecule has 1 aliphatic heterocycles. The Hall–Kier alpha value is -0.350. The fourth-order valence-electron chi connectivity index (χ4n) is 2.65. The minimum absolute atomic E-state index is 0.211. The molecule has 1 atom stereocenters. The van der Waals surface area contributed by atoms with E-state index in [9.17, 15) is 4.79 Å². The van der Waals surface area contributed by atoms with E-state index in [-0.39, 0.29) is 5.91 Å². The highest BCUT2D eigenvalue weighted by Gasteiger charge is 2.22. The van der Waals surface area contributed by atoms with Crippen molar-refractivity contribution in [3.8, 4) is 0 Å². The molecule has 0 spiro atoms. The van der Waals surface area contributed by atoms with E-state index in [1.807, 2.05) is 17.0 Å². The van der Waals surface area contributed by atoms with E-state index in [1.165, 1.54) is 37.0 Å². The molecule has 0 aliphatic carbocycles. The Morgan fingerprint density at radius 3 is 2.94 bits per heavy atom. The lowest BCUT2D eigenvalue weighted by atomic mass is 9.96. The van der Waals surface area contributed by atoms with Crippen LogP contribution in [-0.2, 0) is 0 Å². The average molecular weight is 330 g/mol. The third-order valence-corrected chi connectivity index (χ3v) is 5.23. The second-order valence-electron chi connectivity index (χ2n) is 4.98. The molecule has 0 radical (unpaired) electrons. The first-order chi connectivity index (χ1) is 8.70. The monoisotopic (exact) mass is 329 g/mol. The first kappa shape index (κ1) is 14.1. The van der Waals surface area contributed by atoms with E-state index < -0.39 is 0 Å². The van der Waals surface area contributed by atoms with E-state index in [4.69, 9.17) is 0 Å². The number of halogens is 1. The molecule has 2 nitrogen and oxygen atoms in total. The van der Waals surface area contributed by atoms with Crippen LogP contribution in [0, 0.1) is 5.92 Å². The molecule has 0 N–H and O–H groups in total. The van der Waals surface area contributed by atoms with Crippen LogP contribution in [0.1, 0.15) is 48.7 Å². The Bertz CT molecular complexity index is 404. The van der Waals surface area contributed by atoms with Gasteiger partial charge in [-0.1, -0.05) is 19.8 Å². The van der Waals surface area contributed by atoms with Crippen molar-refractivity contribution < 1.29 is 4.79 Å². The van der Waals surface area contributed by atoms with Gasteiger partial charge in [0.05, 0.1) is 8.66 Å². The van der Waals surface area contributed by atoms with Crippen molar-refractivity contribution in [1.82, 2.24) is 4.90 Å². The van der Waals surface area contributed by atoms with Gasteiger partial charge in [-0.15, -0.1) is 11.3 Å². The fourth-order valence-corrected chi connectivity index (χ4v) is 4.00. The number of rotatable bonds is 3. The lowest BCUT2D eigenvalue weighted by Gasteiger charge is -2.19.